The second-order valence-corrected chi connectivity index (χ2v) is 11.9. The van der Waals surface area contributed by atoms with E-state index in [1.807, 2.05) is 31.2 Å². The molecule has 7 nitrogen and oxygen atoms in total. The summed E-state index contributed by atoms with van der Waals surface area (Å²) >= 11 is 6.01. The van der Waals surface area contributed by atoms with E-state index in [0.717, 1.165) is 11.1 Å². The van der Waals surface area contributed by atoms with E-state index in [9.17, 15) is 18.3 Å². The number of benzene rings is 4. The molecule has 4 aromatic carbocycles. The van der Waals surface area contributed by atoms with Gasteiger partial charge in [-0.1, -0.05) is 54.1 Å². The van der Waals surface area contributed by atoms with Crippen molar-refractivity contribution in [2.24, 2.45) is 0 Å². The van der Waals surface area contributed by atoms with Crippen molar-refractivity contribution >= 4 is 27.4 Å². The van der Waals surface area contributed by atoms with Crippen LogP contribution in [0.25, 0.3) is 0 Å². The van der Waals surface area contributed by atoms with Gasteiger partial charge in [0.25, 0.3) is 0 Å². The Morgan fingerprint density at radius 3 is 2.34 bits per heavy atom. The molecule has 0 spiro atoms. The van der Waals surface area contributed by atoms with Crippen LogP contribution in [0.1, 0.15) is 41.4 Å². The number of ether oxygens (including phenoxy) is 2. The Labute approximate surface area is 245 Å². The average Bonchev–Trinajstić information content (AvgIpc) is 2.97. The number of rotatable bonds is 12. The number of halogens is 1. The average molecular weight is 594 g/mol. The summed E-state index contributed by atoms with van der Waals surface area (Å²) in [4.78, 5) is 12.7. The summed E-state index contributed by atoms with van der Waals surface area (Å²) in [6, 6.07) is 26.9. The van der Waals surface area contributed by atoms with Crippen LogP contribution >= 0.6 is 11.6 Å². The smallest absolute Gasteiger partial charge is 0.339 e. The Kier molecular flexibility index (Phi) is 10.2. The molecular weight excluding hydrogens is 562 g/mol. The van der Waals surface area contributed by atoms with Gasteiger partial charge in [0.15, 0.2) is 0 Å². The van der Waals surface area contributed by atoms with E-state index in [4.69, 9.17) is 21.1 Å². The van der Waals surface area contributed by atoms with Gasteiger partial charge in [0.2, 0.25) is 9.84 Å². The van der Waals surface area contributed by atoms with Crippen molar-refractivity contribution in [3.63, 3.8) is 0 Å². The van der Waals surface area contributed by atoms with E-state index in [-0.39, 0.29) is 28.0 Å². The number of para-hydroxylation sites is 1. The summed E-state index contributed by atoms with van der Waals surface area (Å²) in [5, 5.41) is 14.3. The maximum Gasteiger partial charge on any atom is 0.339 e. The van der Waals surface area contributed by atoms with Gasteiger partial charge in [0.1, 0.15) is 11.5 Å². The molecule has 0 aliphatic rings. The molecule has 0 aromatic heterocycles. The van der Waals surface area contributed by atoms with Gasteiger partial charge in [0.05, 0.1) is 28.1 Å². The number of esters is 1. The molecule has 0 saturated heterocycles. The van der Waals surface area contributed by atoms with Gasteiger partial charge in [-0.15, -0.1) is 0 Å². The topological polar surface area (TPSA) is 102 Å². The molecule has 0 aliphatic heterocycles. The maximum atomic E-state index is 13.6. The monoisotopic (exact) mass is 593 g/mol. The minimum Gasteiger partial charge on any atom is -0.462 e. The Morgan fingerprint density at radius 2 is 1.66 bits per heavy atom. The SMILES string of the molecule is CCOC(=O)c1cc(Oc2ccccc2)ccc1S(=O)(=O)c1ccc(C[C@@H](C)NC[C@@H](O)c2cccc(Cl)c2)cc1. The van der Waals surface area contributed by atoms with Gasteiger partial charge in [0, 0.05) is 17.6 Å². The fourth-order valence-electron chi connectivity index (χ4n) is 4.30. The van der Waals surface area contributed by atoms with Gasteiger partial charge in [-0.25, -0.2) is 13.2 Å². The van der Waals surface area contributed by atoms with Crippen LogP contribution in [0, 0.1) is 0 Å². The van der Waals surface area contributed by atoms with E-state index in [2.05, 4.69) is 5.32 Å². The van der Waals surface area contributed by atoms with Crippen LogP contribution in [0.4, 0.5) is 0 Å². The molecule has 0 radical (unpaired) electrons. The van der Waals surface area contributed by atoms with Gasteiger partial charge in [-0.05, 0) is 86.0 Å². The fourth-order valence-corrected chi connectivity index (χ4v) is 5.93. The highest BCUT2D eigenvalue weighted by atomic mass is 35.5. The minimum absolute atomic E-state index is 0.0128. The Balaban J connectivity index is 1.47. The zero-order valence-electron chi connectivity index (χ0n) is 22.8. The van der Waals surface area contributed by atoms with E-state index in [1.54, 1.807) is 49.4 Å². The minimum atomic E-state index is -4.04. The lowest BCUT2D eigenvalue weighted by atomic mass is 10.1. The number of aliphatic hydroxyl groups excluding tert-OH is 1. The van der Waals surface area contributed by atoms with E-state index >= 15 is 0 Å². The molecule has 0 heterocycles. The number of sulfone groups is 1. The lowest BCUT2D eigenvalue weighted by Crippen LogP contribution is -2.32. The number of nitrogens with one attached hydrogen (secondary N) is 1. The van der Waals surface area contributed by atoms with Crippen molar-refractivity contribution < 1.29 is 27.8 Å². The first kappa shape index (κ1) is 30.3. The number of carbonyl (C=O) groups is 1. The molecule has 214 valence electrons. The molecule has 2 atom stereocenters. The zero-order valence-corrected chi connectivity index (χ0v) is 24.4. The molecule has 0 amide bonds. The normalized spacial score (nSPS) is 12.9. The first-order chi connectivity index (χ1) is 19.7. The number of hydrogen-bond donors (Lipinski definition) is 2. The van der Waals surface area contributed by atoms with Gasteiger partial charge in [-0.2, -0.15) is 0 Å². The van der Waals surface area contributed by atoms with E-state index in [1.165, 1.54) is 30.3 Å². The molecule has 41 heavy (non-hydrogen) atoms. The van der Waals surface area contributed by atoms with Crippen LogP contribution in [-0.4, -0.2) is 38.7 Å². The molecule has 0 bridgehead atoms. The molecule has 4 aromatic rings. The molecule has 0 aliphatic carbocycles. The van der Waals surface area contributed by atoms with Crippen molar-refractivity contribution in [3.05, 3.63) is 119 Å². The van der Waals surface area contributed by atoms with Crippen LogP contribution in [0.3, 0.4) is 0 Å². The van der Waals surface area contributed by atoms with Crippen molar-refractivity contribution in [2.45, 2.75) is 42.2 Å². The summed E-state index contributed by atoms with van der Waals surface area (Å²) < 4.78 is 38.2. The van der Waals surface area contributed by atoms with Gasteiger partial charge in [-0.3, -0.25) is 0 Å². The molecule has 4 rings (SSSR count). The molecule has 0 unspecified atom stereocenters. The number of aliphatic hydroxyl groups is 1. The van der Waals surface area contributed by atoms with Crippen LogP contribution < -0.4 is 10.1 Å². The van der Waals surface area contributed by atoms with Crippen molar-refractivity contribution in [3.8, 4) is 11.5 Å². The van der Waals surface area contributed by atoms with Crippen molar-refractivity contribution in [2.75, 3.05) is 13.2 Å². The standard InChI is InChI=1S/C32H32ClNO6S/c1-3-39-32(36)29-20-27(40-26-10-5-4-6-11-26)14-17-31(29)41(37,38)28-15-12-23(13-16-28)18-22(2)34-21-30(35)24-8-7-9-25(33)19-24/h4-17,19-20,22,30,34-35H,3,18,21H2,1-2H3/t22-,30-/m1/s1. The quantitative estimate of drug-likeness (QED) is 0.183. The molecular formula is C32H32ClNO6S. The molecule has 0 fully saturated rings. The largest absolute Gasteiger partial charge is 0.462 e. The summed E-state index contributed by atoms with van der Waals surface area (Å²) in [7, 11) is -4.04. The third-order valence-electron chi connectivity index (χ3n) is 6.38. The number of carbonyl (C=O) groups excluding carboxylic acids is 1. The summed E-state index contributed by atoms with van der Waals surface area (Å²) in [5.74, 6) is 0.118. The maximum absolute atomic E-state index is 13.6. The second kappa shape index (κ2) is 13.8. The molecule has 9 heteroatoms. The Hall–Kier alpha value is -3.69. The highest BCUT2D eigenvalue weighted by Gasteiger charge is 2.26. The molecule has 0 saturated carbocycles. The third-order valence-corrected chi connectivity index (χ3v) is 8.45. The number of hydrogen-bond acceptors (Lipinski definition) is 7. The first-order valence-corrected chi connectivity index (χ1v) is 15.1. The second-order valence-electron chi connectivity index (χ2n) is 9.53. The highest BCUT2D eigenvalue weighted by Crippen LogP contribution is 2.30. The summed E-state index contributed by atoms with van der Waals surface area (Å²) in [6.45, 7) is 4.08. The Morgan fingerprint density at radius 1 is 0.927 bits per heavy atom. The van der Waals surface area contributed by atoms with Gasteiger partial charge >= 0.3 is 5.97 Å². The van der Waals surface area contributed by atoms with Gasteiger partial charge < -0.3 is 19.9 Å². The van der Waals surface area contributed by atoms with E-state index in [0.29, 0.717) is 29.5 Å². The predicted octanol–water partition coefficient (Wildman–Crippen LogP) is 6.40. The van der Waals surface area contributed by atoms with Crippen LogP contribution in [0.15, 0.2) is 107 Å². The van der Waals surface area contributed by atoms with Crippen molar-refractivity contribution in [1.29, 1.82) is 0 Å². The summed E-state index contributed by atoms with van der Waals surface area (Å²) in [5.41, 5.74) is 1.55. The fraction of sp³-hybridized carbons (Fsp3) is 0.219. The van der Waals surface area contributed by atoms with Crippen LogP contribution in [0.2, 0.25) is 5.02 Å². The van der Waals surface area contributed by atoms with Crippen LogP contribution in [0.5, 0.6) is 11.5 Å². The predicted molar refractivity (Wildman–Crippen MR) is 158 cm³/mol. The van der Waals surface area contributed by atoms with Crippen LogP contribution in [-0.2, 0) is 21.0 Å². The lowest BCUT2D eigenvalue weighted by molar-refractivity contribution is 0.0521. The van der Waals surface area contributed by atoms with Crippen molar-refractivity contribution in [1.82, 2.24) is 5.32 Å². The lowest BCUT2D eigenvalue weighted by Gasteiger charge is -2.18. The Bertz CT molecular complexity index is 1580. The highest BCUT2D eigenvalue weighted by molar-refractivity contribution is 7.91. The first-order valence-electron chi connectivity index (χ1n) is 13.2. The summed E-state index contributed by atoms with van der Waals surface area (Å²) in [6.07, 6.45) is -0.0934. The third kappa shape index (κ3) is 7.95. The zero-order chi connectivity index (χ0) is 29.4. The molecule has 2 N–H and O–H groups in total. The van der Waals surface area contributed by atoms with E-state index < -0.39 is 21.9 Å².